The Bertz CT molecular complexity index is 1890. The first-order valence-electron chi connectivity index (χ1n) is 14.6. The fourth-order valence-electron chi connectivity index (χ4n) is 4.46. The first kappa shape index (κ1) is 33.0. The molecule has 0 aliphatic rings. The van der Waals surface area contributed by atoms with Crippen molar-refractivity contribution in [3.05, 3.63) is 125 Å². The Hall–Kier alpha value is -5.39. The van der Waals surface area contributed by atoms with Gasteiger partial charge in [0.1, 0.15) is 11.4 Å². The third kappa shape index (κ3) is 9.09. The van der Waals surface area contributed by atoms with Gasteiger partial charge in [0.15, 0.2) is 5.13 Å². The molecule has 0 saturated carbocycles. The number of nitrogens with one attached hydrogen (secondary N) is 3. The normalized spacial score (nSPS) is 11.0. The molecule has 3 N–H and O–H groups in total. The number of thiazole rings is 1. The van der Waals surface area contributed by atoms with Crippen molar-refractivity contribution in [2.45, 2.75) is 4.90 Å². The van der Waals surface area contributed by atoms with E-state index in [1.165, 1.54) is 23.1 Å². The molecule has 0 radical (unpaired) electrons. The Morgan fingerprint density at radius 3 is 2.38 bits per heavy atom. The molecule has 5 rings (SSSR count). The van der Waals surface area contributed by atoms with Crippen LogP contribution < -0.4 is 25.6 Å². The second kappa shape index (κ2) is 15.7. The number of methoxy groups -OCH3 is 1. The van der Waals surface area contributed by atoms with Crippen molar-refractivity contribution >= 4 is 63.4 Å². The van der Waals surface area contributed by atoms with Crippen LogP contribution in [-0.4, -0.2) is 49.7 Å². The minimum atomic E-state index is -0.486. The molecule has 0 unspecified atom stereocenters. The summed E-state index contributed by atoms with van der Waals surface area (Å²) in [6, 6.07) is 31.1. The maximum absolute atomic E-state index is 13.5. The van der Waals surface area contributed by atoms with Crippen LogP contribution in [0.5, 0.6) is 5.75 Å². The number of hydrogen-bond acceptors (Lipinski definition) is 8. The van der Waals surface area contributed by atoms with E-state index < -0.39 is 11.8 Å². The molecule has 4 aromatic carbocycles. The number of ether oxygens (including phenoxy) is 1. The van der Waals surface area contributed by atoms with E-state index in [2.05, 4.69) is 20.9 Å². The Morgan fingerprint density at radius 1 is 0.894 bits per heavy atom. The molecule has 0 aliphatic heterocycles. The summed E-state index contributed by atoms with van der Waals surface area (Å²) in [6.07, 6.45) is 1.64. The second-order valence-corrected chi connectivity index (χ2v) is 12.3. The predicted octanol–water partition coefficient (Wildman–Crippen LogP) is 7.03. The number of benzene rings is 4. The first-order chi connectivity index (χ1) is 22.8. The fourth-order valence-corrected chi connectivity index (χ4v) is 5.94. The zero-order valence-electron chi connectivity index (χ0n) is 26.0. The van der Waals surface area contributed by atoms with E-state index >= 15 is 0 Å². The third-order valence-electron chi connectivity index (χ3n) is 6.84. The predicted molar refractivity (Wildman–Crippen MR) is 191 cm³/mol. The summed E-state index contributed by atoms with van der Waals surface area (Å²) < 4.78 is 5.42. The van der Waals surface area contributed by atoms with Crippen LogP contribution in [0, 0.1) is 0 Å². The molecule has 11 heteroatoms. The molecule has 5 aromatic rings. The molecule has 3 amide bonds. The molecule has 0 spiro atoms. The molecule has 47 heavy (non-hydrogen) atoms. The van der Waals surface area contributed by atoms with Gasteiger partial charge in [-0.2, -0.15) is 0 Å². The highest BCUT2D eigenvalue weighted by atomic mass is 32.2. The molecular weight excluding hydrogens is 631 g/mol. The summed E-state index contributed by atoms with van der Waals surface area (Å²) in [5.41, 5.74) is 4.36. The van der Waals surface area contributed by atoms with E-state index in [0.717, 1.165) is 27.4 Å². The van der Waals surface area contributed by atoms with Crippen LogP contribution in [-0.2, 0) is 9.59 Å². The Morgan fingerprint density at radius 2 is 1.64 bits per heavy atom. The average molecular weight is 664 g/mol. The number of amides is 3. The lowest BCUT2D eigenvalue weighted by atomic mass is 10.1. The number of carbonyl (C=O) groups excluding carboxylic acids is 3. The van der Waals surface area contributed by atoms with Gasteiger partial charge in [-0.3, -0.25) is 14.4 Å². The van der Waals surface area contributed by atoms with E-state index in [4.69, 9.17) is 4.74 Å². The standard InChI is InChI=1S/C36H33N5O4S2/c1-41(2)27-18-16-24(17-19-27)20-30(38-34(43)25-10-5-4-6-11-25)35(44)37-26-12-9-13-28(21-26)46-23-33(42)40-36-39-31(22-47-36)29-14-7-8-15-32(29)45-3/h4-22H,23H2,1-3H3,(H,37,44)(H,38,43)(H,39,40,42)/b30-20+. The number of anilines is 3. The Labute approximate surface area is 281 Å². The molecule has 1 aromatic heterocycles. The van der Waals surface area contributed by atoms with Crippen molar-refractivity contribution in [3.63, 3.8) is 0 Å². The molecular formula is C36H33N5O4S2. The van der Waals surface area contributed by atoms with Crippen molar-refractivity contribution in [1.82, 2.24) is 10.3 Å². The van der Waals surface area contributed by atoms with Crippen LogP contribution in [0.1, 0.15) is 15.9 Å². The van der Waals surface area contributed by atoms with Crippen LogP contribution in [0.3, 0.4) is 0 Å². The fraction of sp³-hybridized carbons (Fsp3) is 0.111. The summed E-state index contributed by atoms with van der Waals surface area (Å²) in [6.45, 7) is 0. The number of thioether (sulfide) groups is 1. The van der Waals surface area contributed by atoms with Crippen LogP contribution >= 0.6 is 23.1 Å². The lowest BCUT2D eigenvalue weighted by molar-refractivity contribution is -0.114. The van der Waals surface area contributed by atoms with Gasteiger partial charge in [-0.15, -0.1) is 23.1 Å². The highest BCUT2D eigenvalue weighted by Crippen LogP contribution is 2.32. The number of carbonyl (C=O) groups is 3. The third-order valence-corrected chi connectivity index (χ3v) is 8.60. The van der Waals surface area contributed by atoms with Crippen LogP contribution in [0.4, 0.5) is 16.5 Å². The monoisotopic (exact) mass is 663 g/mol. The van der Waals surface area contributed by atoms with Crippen LogP contribution in [0.2, 0.25) is 0 Å². The number of nitrogens with zero attached hydrogens (tertiary/aromatic N) is 2. The van der Waals surface area contributed by atoms with Gasteiger partial charge in [0, 0.05) is 46.9 Å². The zero-order chi connectivity index (χ0) is 33.2. The topological polar surface area (TPSA) is 113 Å². The Kier molecular flexibility index (Phi) is 11.1. The van der Waals surface area contributed by atoms with Gasteiger partial charge in [0.25, 0.3) is 11.8 Å². The summed E-state index contributed by atoms with van der Waals surface area (Å²) in [5, 5.41) is 10.9. The van der Waals surface area contributed by atoms with Crippen LogP contribution in [0.15, 0.2) is 119 Å². The van der Waals surface area contributed by atoms with Crippen molar-refractivity contribution in [2.75, 3.05) is 42.5 Å². The molecule has 9 nitrogen and oxygen atoms in total. The minimum absolute atomic E-state index is 0.0878. The van der Waals surface area contributed by atoms with E-state index in [-0.39, 0.29) is 17.4 Å². The van der Waals surface area contributed by atoms with E-state index in [0.29, 0.717) is 22.1 Å². The molecule has 0 saturated heterocycles. The van der Waals surface area contributed by atoms with E-state index in [9.17, 15) is 14.4 Å². The largest absolute Gasteiger partial charge is 0.496 e. The summed E-state index contributed by atoms with van der Waals surface area (Å²) in [5.74, 6) is -0.247. The Balaban J connectivity index is 1.24. The van der Waals surface area contributed by atoms with Gasteiger partial charge in [0.05, 0.1) is 18.6 Å². The molecule has 0 atom stereocenters. The molecule has 0 aliphatic carbocycles. The summed E-state index contributed by atoms with van der Waals surface area (Å²) in [7, 11) is 5.50. The first-order valence-corrected chi connectivity index (χ1v) is 16.4. The minimum Gasteiger partial charge on any atom is -0.496 e. The maximum Gasteiger partial charge on any atom is 0.272 e. The van der Waals surface area contributed by atoms with Gasteiger partial charge in [-0.25, -0.2) is 4.98 Å². The van der Waals surface area contributed by atoms with E-state index in [1.54, 1.807) is 55.7 Å². The van der Waals surface area contributed by atoms with Gasteiger partial charge in [0.2, 0.25) is 5.91 Å². The van der Waals surface area contributed by atoms with Crippen molar-refractivity contribution in [2.24, 2.45) is 0 Å². The summed E-state index contributed by atoms with van der Waals surface area (Å²) >= 11 is 2.66. The van der Waals surface area contributed by atoms with Crippen LogP contribution in [0.25, 0.3) is 17.3 Å². The number of para-hydroxylation sites is 1. The molecule has 238 valence electrons. The lowest BCUT2D eigenvalue weighted by Crippen LogP contribution is -2.30. The molecule has 1 heterocycles. The van der Waals surface area contributed by atoms with Crippen molar-refractivity contribution < 1.29 is 19.1 Å². The molecule has 0 fully saturated rings. The van der Waals surface area contributed by atoms with Crippen molar-refractivity contribution in [3.8, 4) is 17.0 Å². The number of hydrogen-bond donors (Lipinski definition) is 3. The van der Waals surface area contributed by atoms with Gasteiger partial charge in [-0.1, -0.05) is 48.5 Å². The smallest absolute Gasteiger partial charge is 0.272 e. The quantitative estimate of drug-likeness (QED) is 0.0971. The van der Waals surface area contributed by atoms with Crippen molar-refractivity contribution in [1.29, 1.82) is 0 Å². The van der Waals surface area contributed by atoms with Gasteiger partial charge < -0.3 is 25.6 Å². The summed E-state index contributed by atoms with van der Waals surface area (Å²) in [4.78, 5) is 46.5. The van der Waals surface area contributed by atoms with E-state index in [1.807, 2.05) is 85.0 Å². The SMILES string of the molecule is COc1ccccc1-c1csc(NC(=O)CSc2cccc(NC(=O)/C(=C\c3ccc(N(C)C)cc3)NC(=O)c3ccccc3)c2)n1. The highest BCUT2D eigenvalue weighted by Gasteiger charge is 2.16. The lowest BCUT2D eigenvalue weighted by Gasteiger charge is -2.14. The zero-order valence-corrected chi connectivity index (χ0v) is 27.7. The number of aromatic nitrogens is 1. The maximum atomic E-state index is 13.5. The molecule has 0 bridgehead atoms. The highest BCUT2D eigenvalue weighted by molar-refractivity contribution is 8.00. The second-order valence-electron chi connectivity index (χ2n) is 10.4. The van der Waals surface area contributed by atoms with Gasteiger partial charge in [-0.05, 0) is 66.2 Å². The van der Waals surface area contributed by atoms with Gasteiger partial charge >= 0.3 is 0 Å². The number of rotatable bonds is 12. The average Bonchev–Trinajstić information content (AvgIpc) is 3.55.